The minimum atomic E-state index is -0.0466. The van der Waals surface area contributed by atoms with Crippen molar-refractivity contribution in [2.24, 2.45) is 5.73 Å². The minimum absolute atomic E-state index is 0.0466. The Hall–Kier alpha value is -1.80. The second-order valence-electron chi connectivity index (χ2n) is 5.05. The fourth-order valence-corrected chi connectivity index (χ4v) is 2.22. The summed E-state index contributed by atoms with van der Waals surface area (Å²) in [6.45, 7) is 2.82. The summed E-state index contributed by atoms with van der Waals surface area (Å²) in [7, 11) is 0. The van der Waals surface area contributed by atoms with Crippen LogP contribution in [0, 0.1) is 0 Å². The number of benzene rings is 2. The summed E-state index contributed by atoms with van der Waals surface area (Å²) in [4.78, 5) is 0. The summed E-state index contributed by atoms with van der Waals surface area (Å²) >= 11 is 0. The molecule has 0 spiro atoms. The normalized spacial score (nSPS) is 14.1. The van der Waals surface area contributed by atoms with E-state index in [4.69, 9.17) is 11.5 Å². The van der Waals surface area contributed by atoms with Crippen LogP contribution < -0.4 is 11.5 Å². The van der Waals surface area contributed by atoms with Crippen molar-refractivity contribution in [3.63, 3.8) is 0 Å². The van der Waals surface area contributed by atoms with Crippen LogP contribution in [0.25, 0.3) is 0 Å². The maximum atomic E-state index is 5.99. The largest absolute Gasteiger partial charge is 0.399 e. The molecule has 0 radical (unpaired) electrons. The van der Waals surface area contributed by atoms with Crippen LogP contribution in [0.15, 0.2) is 54.6 Å². The Morgan fingerprint density at radius 3 is 2.11 bits per heavy atom. The second-order valence-corrected chi connectivity index (χ2v) is 5.05. The number of anilines is 1. The second kappa shape index (κ2) is 5.23. The van der Waals surface area contributed by atoms with E-state index in [9.17, 15) is 0 Å². The molecule has 0 aliphatic heterocycles. The van der Waals surface area contributed by atoms with Gasteiger partial charge in [0.15, 0.2) is 0 Å². The number of nitrogens with two attached hydrogens (primary N) is 2. The van der Waals surface area contributed by atoms with E-state index < -0.39 is 0 Å². The van der Waals surface area contributed by atoms with Gasteiger partial charge in [0.05, 0.1) is 0 Å². The number of nitrogen functional groups attached to an aromatic ring is 1. The Morgan fingerprint density at radius 2 is 1.56 bits per heavy atom. The van der Waals surface area contributed by atoms with E-state index in [1.54, 1.807) is 0 Å². The SMILES string of the molecule is CC(CN)(Cc1ccccc1)c1ccc(N)cc1. The number of rotatable bonds is 4. The average Bonchev–Trinajstić information content (AvgIpc) is 2.40. The predicted octanol–water partition coefficient (Wildman–Crippen LogP) is 2.73. The highest BCUT2D eigenvalue weighted by atomic mass is 14.6. The standard InChI is InChI=1S/C16H20N2/c1-16(12-17,11-13-5-3-2-4-6-13)14-7-9-15(18)10-8-14/h2-10H,11-12,17-18H2,1H3. The van der Waals surface area contributed by atoms with Gasteiger partial charge in [-0.15, -0.1) is 0 Å². The zero-order chi connectivity index (χ0) is 13.0. The van der Waals surface area contributed by atoms with Crippen LogP contribution in [-0.2, 0) is 11.8 Å². The number of hydrogen-bond donors (Lipinski definition) is 2. The molecule has 94 valence electrons. The van der Waals surface area contributed by atoms with Crippen LogP contribution in [0.4, 0.5) is 5.69 Å². The van der Waals surface area contributed by atoms with Crippen LogP contribution in [0.3, 0.4) is 0 Å². The first kappa shape index (κ1) is 12.7. The molecule has 2 aromatic carbocycles. The van der Waals surface area contributed by atoms with Gasteiger partial charge in [0.25, 0.3) is 0 Å². The molecule has 0 amide bonds. The Labute approximate surface area is 109 Å². The van der Waals surface area contributed by atoms with E-state index in [0.29, 0.717) is 6.54 Å². The van der Waals surface area contributed by atoms with E-state index >= 15 is 0 Å². The maximum Gasteiger partial charge on any atom is 0.0314 e. The monoisotopic (exact) mass is 240 g/mol. The van der Waals surface area contributed by atoms with E-state index in [-0.39, 0.29) is 5.41 Å². The molecule has 0 aromatic heterocycles. The van der Waals surface area contributed by atoms with Gasteiger partial charge < -0.3 is 11.5 Å². The molecule has 0 fully saturated rings. The first-order chi connectivity index (χ1) is 8.64. The Kier molecular flexibility index (Phi) is 3.68. The summed E-state index contributed by atoms with van der Waals surface area (Å²) in [6.07, 6.45) is 0.939. The van der Waals surface area contributed by atoms with Gasteiger partial charge in [-0.2, -0.15) is 0 Å². The molecule has 0 saturated carbocycles. The zero-order valence-corrected chi connectivity index (χ0v) is 10.8. The predicted molar refractivity (Wildman–Crippen MR) is 77.4 cm³/mol. The smallest absolute Gasteiger partial charge is 0.0314 e. The first-order valence-corrected chi connectivity index (χ1v) is 6.24. The van der Waals surface area contributed by atoms with Gasteiger partial charge >= 0.3 is 0 Å². The van der Waals surface area contributed by atoms with Crippen molar-refractivity contribution < 1.29 is 0 Å². The quantitative estimate of drug-likeness (QED) is 0.807. The van der Waals surface area contributed by atoms with Crippen molar-refractivity contribution >= 4 is 5.69 Å². The fraction of sp³-hybridized carbons (Fsp3) is 0.250. The molecule has 1 atom stereocenters. The molecule has 1 unspecified atom stereocenters. The molecular weight excluding hydrogens is 220 g/mol. The van der Waals surface area contributed by atoms with Gasteiger partial charge in [-0.25, -0.2) is 0 Å². The van der Waals surface area contributed by atoms with Gasteiger partial charge in [0, 0.05) is 17.6 Å². The van der Waals surface area contributed by atoms with Crippen LogP contribution in [-0.4, -0.2) is 6.54 Å². The highest BCUT2D eigenvalue weighted by molar-refractivity contribution is 5.42. The third kappa shape index (κ3) is 2.71. The summed E-state index contributed by atoms with van der Waals surface area (Å²) in [5, 5.41) is 0. The van der Waals surface area contributed by atoms with E-state index in [0.717, 1.165) is 12.1 Å². The molecule has 18 heavy (non-hydrogen) atoms. The topological polar surface area (TPSA) is 52.0 Å². The summed E-state index contributed by atoms with van der Waals surface area (Å²) < 4.78 is 0. The molecule has 2 rings (SSSR count). The van der Waals surface area contributed by atoms with Crippen molar-refractivity contribution in [1.82, 2.24) is 0 Å². The molecule has 0 aliphatic rings. The Morgan fingerprint density at radius 1 is 0.944 bits per heavy atom. The lowest BCUT2D eigenvalue weighted by Gasteiger charge is -2.29. The summed E-state index contributed by atoms with van der Waals surface area (Å²) in [6, 6.07) is 18.5. The highest BCUT2D eigenvalue weighted by Crippen LogP contribution is 2.27. The lowest BCUT2D eigenvalue weighted by atomic mass is 9.77. The van der Waals surface area contributed by atoms with Crippen LogP contribution >= 0.6 is 0 Å². The number of hydrogen-bond acceptors (Lipinski definition) is 2. The van der Waals surface area contributed by atoms with E-state index in [1.165, 1.54) is 11.1 Å². The summed E-state index contributed by atoms with van der Waals surface area (Å²) in [5.41, 5.74) is 15.0. The zero-order valence-electron chi connectivity index (χ0n) is 10.8. The molecule has 4 N–H and O–H groups in total. The molecular formula is C16H20N2. The van der Waals surface area contributed by atoms with E-state index in [2.05, 4.69) is 43.3 Å². The van der Waals surface area contributed by atoms with Gasteiger partial charge in [-0.05, 0) is 29.7 Å². The van der Waals surface area contributed by atoms with Crippen LogP contribution in [0.2, 0.25) is 0 Å². The van der Waals surface area contributed by atoms with Crippen LogP contribution in [0.5, 0.6) is 0 Å². The molecule has 2 nitrogen and oxygen atoms in total. The lowest BCUT2D eigenvalue weighted by Crippen LogP contribution is -2.34. The lowest BCUT2D eigenvalue weighted by molar-refractivity contribution is 0.481. The Balaban J connectivity index is 2.28. The van der Waals surface area contributed by atoms with Gasteiger partial charge in [0.2, 0.25) is 0 Å². The van der Waals surface area contributed by atoms with Crippen molar-refractivity contribution in [3.05, 3.63) is 65.7 Å². The van der Waals surface area contributed by atoms with Gasteiger partial charge in [-0.1, -0.05) is 49.4 Å². The van der Waals surface area contributed by atoms with Crippen molar-refractivity contribution in [1.29, 1.82) is 0 Å². The molecule has 0 saturated heterocycles. The van der Waals surface area contributed by atoms with Crippen molar-refractivity contribution in [2.75, 3.05) is 12.3 Å². The van der Waals surface area contributed by atoms with Crippen LogP contribution in [0.1, 0.15) is 18.1 Å². The molecule has 0 heterocycles. The van der Waals surface area contributed by atoms with E-state index in [1.807, 2.05) is 18.2 Å². The summed E-state index contributed by atoms with van der Waals surface area (Å²) in [5.74, 6) is 0. The maximum absolute atomic E-state index is 5.99. The molecule has 2 heteroatoms. The minimum Gasteiger partial charge on any atom is -0.399 e. The highest BCUT2D eigenvalue weighted by Gasteiger charge is 2.25. The molecule has 0 aliphatic carbocycles. The molecule has 0 bridgehead atoms. The van der Waals surface area contributed by atoms with Crippen molar-refractivity contribution in [3.8, 4) is 0 Å². The fourth-order valence-electron chi connectivity index (χ4n) is 2.22. The molecule has 2 aromatic rings. The first-order valence-electron chi connectivity index (χ1n) is 6.24. The third-order valence-corrected chi connectivity index (χ3v) is 3.50. The Bertz CT molecular complexity index is 490. The van der Waals surface area contributed by atoms with Gasteiger partial charge in [0.1, 0.15) is 0 Å². The van der Waals surface area contributed by atoms with Crippen molar-refractivity contribution in [2.45, 2.75) is 18.8 Å². The third-order valence-electron chi connectivity index (χ3n) is 3.50. The average molecular weight is 240 g/mol. The van der Waals surface area contributed by atoms with Gasteiger partial charge in [-0.3, -0.25) is 0 Å².